The molecule has 0 heterocycles. The van der Waals surface area contributed by atoms with Gasteiger partial charge in [0.1, 0.15) is 0 Å². The molecule has 1 nitrogen and oxygen atoms in total. The molecule has 0 N–H and O–H groups in total. The van der Waals surface area contributed by atoms with Crippen LogP contribution < -0.4 is 79.4 Å². The zero-order valence-electron chi connectivity index (χ0n) is 16.7. The molecule has 0 fully saturated rings. The van der Waals surface area contributed by atoms with Crippen LogP contribution in [0.25, 0.3) is 4.86 Å². The van der Waals surface area contributed by atoms with E-state index < -0.39 is 12.4 Å². The molecule has 0 saturated carbocycles. The van der Waals surface area contributed by atoms with Gasteiger partial charge in [-0.05, 0) is 21.2 Å². The van der Waals surface area contributed by atoms with Crippen LogP contribution in [0.2, 0.25) is 0 Å². The quantitative estimate of drug-likeness (QED) is 0.354. The van der Waals surface area contributed by atoms with E-state index in [0.717, 1.165) is 21.2 Å². The summed E-state index contributed by atoms with van der Waals surface area (Å²) in [6, 6.07) is 41.0. The molecule has 0 atom stereocenters. The van der Waals surface area contributed by atoms with Crippen molar-refractivity contribution in [2.45, 2.75) is 0 Å². The molecule has 4 aromatic carbocycles. The van der Waals surface area contributed by atoms with Gasteiger partial charge >= 0.3 is 58.2 Å². The molecule has 4 aromatic rings. The minimum Gasteiger partial charge on any atom is -0.577 e. The molecule has 0 radical (unpaired) electrons. The van der Waals surface area contributed by atoms with E-state index in [0.29, 0.717) is 0 Å². The van der Waals surface area contributed by atoms with Crippen LogP contribution in [0, 0.1) is 0 Å². The Labute approximate surface area is 238 Å². The van der Waals surface area contributed by atoms with Crippen molar-refractivity contribution in [3.63, 3.8) is 0 Å². The number of nitrogens with zero attached hydrogens (tertiary/aromatic N) is 1. The van der Waals surface area contributed by atoms with E-state index in [4.69, 9.17) is 28.5 Å². The molecule has 0 bridgehead atoms. The molecule has 0 aliphatic carbocycles. The molecular formula is C24H20NP2RbS2. The van der Waals surface area contributed by atoms with Gasteiger partial charge < -0.3 is 4.86 Å². The Balaban J connectivity index is 0.00000256. The summed E-state index contributed by atoms with van der Waals surface area (Å²) in [5.41, 5.74) is 0. The molecule has 0 aliphatic rings. The summed E-state index contributed by atoms with van der Waals surface area (Å²) in [6.45, 7) is 0. The SMILES string of the molecule is S=P([N-]P(=S)(c1ccccc1)c1ccccc1)(c1ccccc1)c1ccccc1.[Rb+]. The minimum absolute atomic E-state index is 0. The third-order valence-electron chi connectivity index (χ3n) is 4.68. The predicted molar refractivity (Wildman–Crippen MR) is 136 cm³/mol. The van der Waals surface area contributed by atoms with Gasteiger partial charge in [0.2, 0.25) is 0 Å². The van der Waals surface area contributed by atoms with Gasteiger partial charge in [0.05, 0.1) is 0 Å². The average molecular weight is 534 g/mol. The molecule has 30 heavy (non-hydrogen) atoms. The summed E-state index contributed by atoms with van der Waals surface area (Å²) < 4.78 is 0. The Kier molecular flexibility index (Phi) is 9.17. The fourth-order valence-electron chi connectivity index (χ4n) is 3.20. The Hall–Kier alpha value is -0.0548. The summed E-state index contributed by atoms with van der Waals surface area (Å²) in [7, 11) is 0. The number of hydrogen-bond acceptors (Lipinski definition) is 2. The molecule has 6 heteroatoms. The molecular weight excluding hydrogens is 514 g/mol. The Bertz CT molecular complexity index is 989. The van der Waals surface area contributed by atoms with Crippen LogP contribution in [0.4, 0.5) is 0 Å². The molecule has 0 amide bonds. The van der Waals surface area contributed by atoms with Gasteiger partial charge in [-0.15, -0.1) is 23.6 Å². The maximum atomic E-state index is 6.39. The van der Waals surface area contributed by atoms with Crippen molar-refractivity contribution in [2.24, 2.45) is 0 Å². The van der Waals surface area contributed by atoms with E-state index in [1.807, 2.05) is 72.8 Å². The van der Waals surface area contributed by atoms with E-state index in [1.165, 1.54) is 0 Å². The van der Waals surface area contributed by atoms with Gasteiger partial charge in [0.25, 0.3) is 0 Å². The van der Waals surface area contributed by atoms with Crippen molar-refractivity contribution in [3.05, 3.63) is 126 Å². The third-order valence-corrected chi connectivity index (χ3v) is 14.5. The monoisotopic (exact) mass is 533 g/mol. The van der Waals surface area contributed by atoms with Crippen molar-refractivity contribution in [3.8, 4) is 0 Å². The maximum Gasteiger partial charge on any atom is 1.00 e. The summed E-state index contributed by atoms with van der Waals surface area (Å²) in [5.74, 6) is 0. The molecule has 0 saturated heterocycles. The second-order valence-corrected chi connectivity index (χ2v) is 14.8. The van der Waals surface area contributed by atoms with E-state index in [9.17, 15) is 0 Å². The first-order valence-electron chi connectivity index (χ1n) is 9.30. The summed E-state index contributed by atoms with van der Waals surface area (Å²) in [4.78, 5) is 5.47. The molecule has 0 unspecified atom stereocenters. The van der Waals surface area contributed by atoms with E-state index >= 15 is 0 Å². The fourth-order valence-corrected chi connectivity index (χ4v) is 13.0. The van der Waals surface area contributed by atoms with Crippen LogP contribution in [0.1, 0.15) is 0 Å². The third kappa shape index (κ3) is 5.29. The average Bonchev–Trinajstić information content (AvgIpc) is 2.81. The Morgan fingerprint density at radius 2 is 0.600 bits per heavy atom. The van der Waals surface area contributed by atoms with Crippen molar-refractivity contribution < 1.29 is 58.2 Å². The molecule has 144 valence electrons. The molecule has 0 spiro atoms. The van der Waals surface area contributed by atoms with Crippen molar-refractivity contribution in [1.29, 1.82) is 0 Å². The smallest absolute Gasteiger partial charge is 0.577 e. The first-order chi connectivity index (χ1) is 14.1. The largest absolute Gasteiger partial charge is 1.00 e. The van der Waals surface area contributed by atoms with Crippen LogP contribution in [0.15, 0.2) is 121 Å². The van der Waals surface area contributed by atoms with Crippen LogP contribution >= 0.6 is 12.4 Å². The predicted octanol–water partition coefficient (Wildman–Crippen LogP) is 2.46. The van der Waals surface area contributed by atoms with Crippen LogP contribution in [0.3, 0.4) is 0 Å². The van der Waals surface area contributed by atoms with Gasteiger partial charge in [0.15, 0.2) is 0 Å². The second-order valence-electron chi connectivity index (χ2n) is 6.58. The normalized spacial score (nSPS) is 11.5. The van der Waals surface area contributed by atoms with Gasteiger partial charge in [-0.3, -0.25) is 0 Å². The van der Waals surface area contributed by atoms with Gasteiger partial charge in [-0.25, -0.2) is 0 Å². The number of benzene rings is 4. The van der Waals surface area contributed by atoms with Gasteiger partial charge in [-0.1, -0.05) is 134 Å². The zero-order valence-corrected chi connectivity index (χ0v) is 25.0. The van der Waals surface area contributed by atoms with Crippen molar-refractivity contribution in [1.82, 2.24) is 0 Å². The Morgan fingerprint density at radius 3 is 0.800 bits per heavy atom. The van der Waals surface area contributed by atoms with Crippen molar-refractivity contribution in [2.75, 3.05) is 0 Å². The van der Waals surface area contributed by atoms with Crippen LogP contribution in [0.5, 0.6) is 0 Å². The maximum absolute atomic E-state index is 6.39. The zero-order chi connectivity index (χ0) is 20.2. The summed E-state index contributed by atoms with van der Waals surface area (Å²) in [5, 5.41) is 4.29. The number of hydrogen-bond donors (Lipinski definition) is 0. The van der Waals surface area contributed by atoms with Crippen LogP contribution in [-0.2, 0) is 23.6 Å². The fraction of sp³-hybridized carbons (Fsp3) is 0. The van der Waals surface area contributed by atoms with Crippen molar-refractivity contribution >= 4 is 57.2 Å². The van der Waals surface area contributed by atoms with E-state index in [2.05, 4.69) is 48.5 Å². The standard InChI is InChI=1S/C24H20NP2S2.Rb/c28-26(21-13-5-1-6-14-21,22-15-7-2-8-16-22)25-27(29,23-17-9-3-10-18-23)24-19-11-4-12-20-24;/h1-20H;/q-1;+1. The molecule has 0 aliphatic heterocycles. The second kappa shape index (κ2) is 11.2. The first kappa shape index (κ1) is 24.6. The summed E-state index contributed by atoms with van der Waals surface area (Å²) >= 11 is 12.8. The summed E-state index contributed by atoms with van der Waals surface area (Å²) in [6.07, 6.45) is -4.95. The topological polar surface area (TPSA) is 14.1 Å². The van der Waals surface area contributed by atoms with E-state index in [1.54, 1.807) is 0 Å². The molecule has 0 aromatic heterocycles. The van der Waals surface area contributed by atoms with Gasteiger partial charge in [-0.2, -0.15) is 0 Å². The Morgan fingerprint density at radius 1 is 0.400 bits per heavy atom. The van der Waals surface area contributed by atoms with E-state index in [-0.39, 0.29) is 58.2 Å². The minimum atomic E-state index is -2.47. The van der Waals surface area contributed by atoms with Crippen LogP contribution in [-0.4, -0.2) is 0 Å². The van der Waals surface area contributed by atoms with Gasteiger partial charge in [0, 0.05) is 0 Å². The number of rotatable bonds is 6. The first-order valence-corrected chi connectivity index (χ1v) is 14.8. The molecule has 4 rings (SSSR count).